The number of hydrogen-bond acceptors (Lipinski definition) is 4. The highest BCUT2D eigenvalue weighted by Gasteiger charge is 2.13. The number of aryl methyl sites for hydroxylation is 1. The number of amides is 1. The third-order valence-electron chi connectivity index (χ3n) is 2.44. The van der Waals surface area contributed by atoms with Gasteiger partial charge in [-0.25, -0.2) is 9.56 Å². The number of carbonyl (C=O) groups excluding carboxylic acids is 1. The summed E-state index contributed by atoms with van der Waals surface area (Å²) in [7, 11) is 1.90. The fraction of sp³-hybridized carbons (Fsp3) is 0.364. The number of aliphatic imine (C=N–C) groups is 1. The lowest BCUT2D eigenvalue weighted by atomic mass is 10.2. The number of nitrogens with zero attached hydrogens (tertiary/aromatic N) is 2. The van der Waals surface area contributed by atoms with Gasteiger partial charge < -0.3 is 29.3 Å². The molecule has 1 aromatic heterocycles. The first kappa shape index (κ1) is 14.7. The molecule has 98 valence electrons. The van der Waals surface area contributed by atoms with Crippen LogP contribution in [0.1, 0.15) is 17.3 Å². The average Bonchev–Trinajstić information content (AvgIpc) is 2.73. The van der Waals surface area contributed by atoms with Gasteiger partial charge in [-0.15, -0.1) is 0 Å². The van der Waals surface area contributed by atoms with Gasteiger partial charge >= 0.3 is 0 Å². The van der Waals surface area contributed by atoms with E-state index in [0.29, 0.717) is 17.6 Å². The second-order valence-corrected chi connectivity index (χ2v) is 4.07. The van der Waals surface area contributed by atoms with Crippen LogP contribution in [0.15, 0.2) is 29.5 Å². The van der Waals surface area contributed by atoms with Crippen LogP contribution >= 0.6 is 0 Å². The third-order valence-corrected chi connectivity index (χ3v) is 2.44. The van der Waals surface area contributed by atoms with Crippen molar-refractivity contribution in [3.8, 4) is 0 Å². The predicted molar refractivity (Wildman–Crippen MR) is 63.1 cm³/mol. The smallest absolute Gasteiger partial charge is 0.270 e. The van der Waals surface area contributed by atoms with Crippen molar-refractivity contribution in [2.75, 3.05) is 6.54 Å². The molecule has 1 unspecified atom stereocenters. The van der Waals surface area contributed by atoms with E-state index in [4.69, 9.17) is 0 Å². The highest BCUT2D eigenvalue weighted by atomic mass is 127. The first-order valence-electron chi connectivity index (χ1n) is 5.48. The molecule has 1 atom stereocenters. The Hall–Kier alpha value is -1.38. The van der Waals surface area contributed by atoms with Crippen LogP contribution in [0.2, 0.25) is 0 Å². The summed E-state index contributed by atoms with van der Waals surface area (Å²) in [6.07, 6.45) is 3.64. The number of nitrogens with one attached hydrogen (secondary N) is 3. The average molecular weight is 361 g/mol. The van der Waals surface area contributed by atoms with E-state index in [9.17, 15) is 4.79 Å². The molecule has 2 heterocycles. The largest absolute Gasteiger partial charge is 1.00 e. The fourth-order valence-corrected chi connectivity index (χ4v) is 1.47. The van der Waals surface area contributed by atoms with Crippen LogP contribution in [0.3, 0.4) is 0 Å². The number of halogens is 1. The Morgan fingerprint density at radius 3 is 2.72 bits per heavy atom. The molecule has 3 N–H and O–H groups in total. The van der Waals surface area contributed by atoms with E-state index in [2.05, 4.69) is 21.2 Å². The predicted octanol–water partition coefficient (Wildman–Crippen LogP) is -3.90. The van der Waals surface area contributed by atoms with Crippen molar-refractivity contribution in [2.45, 2.75) is 13.0 Å². The van der Waals surface area contributed by atoms with Crippen LogP contribution in [-0.2, 0) is 7.05 Å². The highest BCUT2D eigenvalue weighted by molar-refractivity contribution is 5.95. The Labute approximate surface area is 123 Å². The maximum absolute atomic E-state index is 11.7. The van der Waals surface area contributed by atoms with Crippen molar-refractivity contribution >= 4 is 11.9 Å². The van der Waals surface area contributed by atoms with Crippen molar-refractivity contribution in [2.24, 2.45) is 12.0 Å². The van der Waals surface area contributed by atoms with Gasteiger partial charge in [-0.2, -0.15) is 0 Å². The van der Waals surface area contributed by atoms with Gasteiger partial charge in [-0.1, -0.05) is 0 Å². The zero-order chi connectivity index (χ0) is 12.3. The Morgan fingerprint density at radius 1 is 1.50 bits per heavy atom. The first-order chi connectivity index (χ1) is 8.15. The lowest BCUT2D eigenvalue weighted by molar-refractivity contribution is -0.671. The molecule has 1 aromatic rings. The zero-order valence-electron chi connectivity index (χ0n) is 10.3. The molecule has 7 heteroatoms. The Morgan fingerprint density at radius 2 is 2.17 bits per heavy atom. The van der Waals surface area contributed by atoms with Gasteiger partial charge in [0.2, 0.25) is 5.96 Å². The molecule has 1 aliphatic heterocycles. The van der Waals surface area contributed by atoms with Gasteiger partial charge in [0.15, 0.2) is 12.4 Å². The molecule has 0 aliphatic carbocycles. The monoisotopic (exact) mass is 361 g/mol. The number of hydrogen-bond donors (Lipinski definition) is 3. The molecule has 1 amide bonds. The van der Waals surface area contributed by atoms with Crippen molar-refractivity contribution in [3.05, 3.63) is 30.1 Å². The van der Waals surface area contributed by atoms with E-state index in [0.717, 1.165) is 6.54 Å². The number of pyridine rings is 1. The minimum atomic E-state index is -0.186. The van der Waals surface area contributed by atoms with Gasteiger partial charge in [0.25, 0.3) is 5.91 Å². The number of aromatic nitrogens is 1. The van der Waals surface area contributed by atoms with Crippen LogP contribution in [-0.4, -0.2) is 24.5 Å². The van der Waals surface area contributed by atoms with Crippen molar-refractivity contribution < 1.29 is 33.3 Å². The van der Waals surface area contributed by atoms with Crippen molar-refractivity contribution in [3.63, 3.8) is 0 Å². The van der Waals surface area contributed by atoms with Crippen LogP contribution in [0.25, 0.3) is 0 Å². The van der Waals surface area contributed by atoms with E-state index in [1.807, 2.05) is 30.9 Å². The molecule has 1 aliphatic rings. The van der Waals surface area contributed by atoms with Gasteiger partial charge in [0.05, 0.1) is 12.1 Å². The minimum Gasteiger partial charge on any atom is -1.00 e. The van der Waals surface area contributed by atoms with E-state index in [1.54, 1.807) is 12.1 Å². The van der Waals surface area contributed by atoms with E-state index < -0.39 is 0 Å². The van der Waals surface area contributed by atoms with Gasteiger partial charge in [0.1, 0.15) is 7.05 Å². The number of carbonyl (C=O) groups is 1. The van der Waals surface area contributed by atoms with Crippen molar-refractivity contribution in [1.29, 1.82) is 0 Å². The summed E-state index contributed by atoms with van der Waals surface area (Å²) in [6, 6.07) is 3.82. The maximum Gasteiger partial charge on any atom is 0.270 e. The normalized spacial score (nSPS) is 17.2. The van der Waals surface area contributed by atoms with E-state index in [1.165, 1.54) is 0 Å². The molecule has 2 rings (SSSR count). The molecule has 6 nitrogen and oxygen atoms in total. The molecule has 0 aromatic carbocycles. The Kier molecular flexibility index (Phi) is 5.32. The SMILES string of the molecule is CC1CN=C(NNC(=O)c2cc[n+](C)cc2)N1.[I-]. The Balaban J connectivity index is 0.00000162. The van der Waals surface area contributed by atoms with Crippen LogP contribution in [0.5, 0.6) is 0 Å². The number of hydrazine groups is 1. The Bertz CT molecular complexity index is 445. The zero-order valence-corrected chi connectivity index (χ0v) is 12.4. The van der Waals surface area contributed by atoms with Gasteiger partial charge in [-0.05, 0) is 6.92 Å². The molecule has 0 saturated heterocycles. The molecule has 0 bridgehead atoms. The van der Waals surface area contributed by atoms with Gasteiger partial charge in [0, 0.05) is 18.2 Å². The third kappa shape index (κ3) is 3.83. The molecule has 0 spiro atoms. The molecular weight excluding hydrogens is 345 g/mol. The van der Waals surface area contributed by atoms with Crippen LogP contribution < -0.4 is 44.7 Å². The highest BCUT2D eigenvalue weighted by Crippen LogP contribution is 1.94. The van der Waals surface area contributed by atoms with Crippen LogP contribution in [0, 0.1) is 0 Å². The quantitative estimate of drug-likeness (QED) is 0.272. The summed E-state index contributed by atoms with van der Waals surface area (Å²) in [5.41, 5.74) is 5.95. The summed E-state index contributed by atoms with van der Waals surface area (Å²) < 4.78 is 1.87. The minimum absolute atomic E-state index is 0. The van der Waals surface area contributed by atoms with Gasteiger partial charge in [-0.3, -0.25) is 15.6 Å². The number of guanidine groups is 1. The topological polar surface area (TPSA) is 69.4 Å². The molecule has 18 heavy (non-hydrogen) atoms. The van der Waals surface area contributed by atoms with E-state index in [-0.39, 0.29) is 29.9 Å². The second kappa shape index (κ2) is 6.53. The standard InChI is InChI=1S/C11H15N5O.HI/c1-8-7-12-11(13-8)15-14-10(17)9-3-5-16(2)6-4-9;/h3-6,8H,7H2,1-2H3,(H2,12,13,17);1H. The van der Waals surface area contributed by atoms with Crippen molar-refractivity contribution in [1.82, 2.24) is 16.2 Å². The first-order valence-corrected chi connectivity index (χ1v) is 5.48. The lowest BCUT2D eigenvalue weighted by Gasteiger charge is -2.09. The molecule has 0 fully saturated rings. The summed E-state index contributed by atoms with van der Waals surface area (Å²) in [5.74, 6) is 0.419. The number of rotatable bonds is 1. The maximum atomic E-state index is 11.7. The second-order valence-electron chi connectivity index (χ2n) is 4.07. The lowest BCUT2D eigenvalue weighted by Crippen LogP contribution is -3.00. The van der Waals surface area contributed by atoms with E-state index >= 15 is 0 Å². The molecular formula is C11H16IN5O. The molecule has 0 radical (unpaired) electrons. The summed E-state index contributed by atoms with van der Waals surface area (Å²) >= 11 is 0. The van der Waals surface area contributed by atoms with Crippen LogP contribution in [0.4, 0.5) is 0 Å². The summed E-state index contributed by atoms with van der Waals surface area (Å²) in [6.45, 7) is 2.75. The fourth-order valence-electron chi connectivity index (χ4n) is 1.47. The summed E-state index contributed by atoms with van der Waals surface area (Å²) in [5, 5.41) is 3.09. The summed E-state index contributed by atoms with van der Waals surface area (Å²) in [4.78, 5) is 15.9. The molecule has 0 saturated carbocycles.